The van der Waals surface area contributed by atoms with Crippen molar-refractivity contribution in [2.24, 2.45) is 11.1 Å². The number of nitrogens with two attached hydrogens (primary N) is 1. The van der Waals surface area contributed by atoms with Crippen LogP contribution in [0.25, 0.3) is 0 Å². The van der Waals surface area contributed by atoms with Gasteiger partial charge in [0.1, 0.15) is 0 Å². The number of anilines is 1. The Morgan fingerprint density at radius 3 is 2.39 bits per heavy atom. The summed E-state index contributed by atoms with van der Waals surface area (Å²) in [6.07, 6.45) is -1.53. The molecule has 0 aromatic heterocycles. The molecule has 5 heteroatoms. The van der Waals surface area contributed by atoms with Crippen molar-refractivity contribution < 1.29 is 8.78 Å². The highest BCUT2D eigenvalue weighted by Gasteiger charge is 2.41. The molecule has 100 valence electrons. The molecule has 0 saturated carbocycles. The number of nitrogens with zero attached hydrogens (tertiary/aromatic N) is 1. The van der Waals surface area contributed by atoms with E-state index in [1.165, 1.54) is 0 Å². The van der Waals surface area contributed by atoms with Gasteiger partial charge < -0.3 is 10.6 Å². The summed E-state index contributed by atoms with van der Waals surface area (Å²) in [5.41, 5.74) is 5.43. The largest absolute Gasteiger partial charge is 0.370 e. The van der Waals surface area contributed by atoms with Crippen molar-refractivity contribution in [3.8, 4) is 0 Å². The topological polar surface area (TPSA) is 29.3 Å². The highest BCUT2D eigenvalue weighted by atomic mass is 35.5. The Balaban J connectivity index is 2.09. The van der Waals surface area contributed by atoms with Gasteiger partial charge in [-0.1, -0.05) is 23.7 Å². The van der Waals surface area contributed by atoms with Crippen LogP contribution in [-0.4, -0.2) is 26.1 Å². The van der Waals surface area contributed by atoms with Crippen LogP contribution in [0, 0.1) is 5.41 Å². The summed E-state index contributed by atoms with van der Waals surface area (Å²) < 4.78 is 26.1. The van der Waals surface area contributed by atoms with Gasteiger partial charge in [0, 0.05) is 25.0 Å². The Bertz CT molecular complexity index is 404. The molecule has 1 aliphatic rings. The highest BCUT2D eigenvalue weighted by molar-refractivity contribution is 6.33. The van der Waals surface area contributed by atoms with Gasteiger partial charge in [-0.2, -0.15) is 0 Å². The number of halogens is 3. The van der Waals surface area contributed by atoms with E-state index in [1.807, 2.05) is 24.3 Å². The van der Waals surface area contributed by atoms with Gasteiger partial charge in [-0.25, -0.2) is 8.78 Å². The average Bonchev–Trinajstić information content (AvgIpc) is 2.39. The zero-order valence-electron chi connectivity index (χ0n) is 10.1. The van der Waals surface area contributed by atoms with Crippen LogP contribution in [-0.2, 0) is 0 Å². The van der Waals surface area contributed by atoms with Crippen LogP contribution in [0.3, 0.4) is 0 Å². The monoisotopic (exact) mass is 274 g/mol. The first-order valence-electron chi connectivity index (χ1n) is 6.07. The number of alkyl halides is 2. The van der Waals surface area contributed by atoms with Crippen molar-refractivity contribution in [3.63, 3.8) is 0 Å². The normalized spacial score (nSPS) is 19.3. The van der Waals surface area contributed by atoms with Crippen LogP contribution in [0.15, 0.2) is 24.3 Å². The third-order valence-corrected chi connectivity index (χ3v) is 4.14. The molecule has 1 fully saturated rings. The zero-order valence-corrected chi connectivity index (χ0v) is 10.8. The first-order chi connectivity index (χ1) is 8.59. The Kier molecular flexibility index (Phi) is 4.07. The van der Waals surface area contributed by atoms with E-state index in [0.717, 1.165) is 5.69 Å². The van der Waals surface area contributed by atoms with E-state index >= 15 is 0 Å². The first kappa shape index (κ1) is 13.6. The van der Waals surface area contributed by atoms with E-state index in [2.05, 4.69) is 4.90 Å². The summed E-state index contributed by atoms with van der Waals surface area (Å²) in [6, 6.07) is 7.49. The second kappa shape index (κ2) is 5.41. The molecule has 0 aliphatic carbocycles. The maximum atomic E-state index is 13.1. The lowest BCUT2D eigenvalue weighted by atomic mass is 9.78. The molecular formula is C13H17ClF2N2. The second-order valence-corrected chi connectivity index (χ2v) is 5.21. The molecule has 0 spiro atoms. The molecule has 1 saturated heterocycles. The molecule has 1 aliphatic heterocycles. The van der Waals surface area contributed by atoms with Crippen molar-refractivity contribution >= 4 is 17.3 Å². The van der Waals surface area contributed by atoms with Gasteiger partial charge in [0.25, 0.3) is 0 Å². The van der Waals surface area contributed by atoms with Crippen molar-refractivity contribution in [2.45, 2.75) is 19.3 Å². The summed E-state index contributed by atoms with van der Waals surface area (Å²) in [6.45, 7) is 1.19. The van der Waals surface area contributed by atoms with Gasteiger partial charge in [0.2, 0.25) is 6.43 Å². The van der Waals surface area contributed by atoms with Crippen LogP contribution in [0.2, 0.25) is 5.02 Å². The average molecular weight is 275 g/mol. The van der Waals surface area contributed by atoms with Gasteiger partial charge >= 0.3 is 0 Å². The summed E-state index contributed by atoms with van der Waals surface area (Å²) in [5.74, 6) is 0. The molecule has 0 radical (unpaired) electrons. The van der Waals surface area contributed by atoms with Crippen LogP contribution in [0.5, 0.6) is 0 Å². The zero-order chi connectivity index (χ0) is 13.2. The quantitative estimate of drug-likeness (QED) is 0.917. The molecule has 2 nitrogen and oxygen atoms in total. The van der Waals surface area contributed by atoms with Crippen LogP contribution in [0.1, 0.15) is 12.8 Å². The number of piperidine rings is 1. The second-order valence-electron chi connectivity index (χ2n) is 4.81. The van der Waals surface area contributed by atoms with Crippen molar-refractivity contribution in [2.75, 3.05) is 24.5 Å². The number of benzene rings is 1. The molecule has 1 heterocycles. The third-order valence-electron chi connectivity index (χ3n) is 3.82. The number of hydrogen-bond donors (Lipinski definition) is 1. The predicted molar refractivity (Wildman–Crippen MR) is 70.4 cm³/mol. The summed E-state index contributed by atoms with van der Waals surface area (Å²) in [5, 5.41) is 0.662. The Morgan fingerprint density at radius 1 is 1.28 bits per heavy atom. The highest BCUT2D eigenvalue weighted by Crippen LogP contribution is 2.39. The van der Waals surface area contributed by atoms with E-state index in [4.69, 9.17) is 17.3 Å². The van der Waals surface area contributed by atoms with Gasteiger partial charge in [-0.3, -0.25) is 0 Å². The molecule has 0 atom stereocenters. The summed E-state index contributed by atoms with van der Waals surface area (Å²) in [4.78, 5) is 2.05. The molecule has 2 rings (SSSR count). The Morgan fingerprint density at radius 2 is 1.89 bits per heavy atom. The van der Waals surface area contributed by atoms with Crippen LogP contribution < -0.4 is 10.6 Å². The minimum Gasteiger partial charge on any atom is -0.370 e. The van der Waals surface area contributed by atoms with Gasteiger partial charge in [-0.05, 0) is 25.0 Å². The molecular weight excluding hydrogens is 258 g/mol. The first-order valence-corrected chi connectivity index (χ1v) is 6.44. The fraction of sp³-hybridized carbons (Fsp3) is 0.538. The molecule has 1 aromatic rings. The van der Waals surface area contributed by atoms with Crippen LogP contribution >= 0.6 is 11.6 Å². The van der Waals surface area contributed by atoms with E-state index in [-0.39, 0.29) is 6.54 Å². The lowest BCUT2D eigenvalue weighted by molar-refractivity contribution is -0.0160. The molecule has 1 aromatic carbocycles. The van der Waals surface area contributed by atoms with E-state index in [1.54, 1.807) is 0 Å². The van der Waals surface area contributed by atoms with E-state index < -0.39 is 11.8 Å². The number of para-hydroxylation sites is 1. The fourth-order valence-corrected chi connectivity index (χ4v) is 2.67. The SMILES string of the molecule is NCC1(C(F)F)CCN(c2ccccc2Cl)CC1. The molecule has 0 amide bonds. The Hall–Kier alpha value is -0.870. The molecule has 2 N–H and O–H groups in total. The Labute approximate surface area is 111 Å². The van der Waals surface area contributed by atoms with Crippen LogP contribution in [0.4, 0.5) is 14.5 Å². The van der Waals surface area contributed by atoms with Crippen molar-refractivity contribution in [3.05, 3.63) is 29.3 Å². The lowest BCUT2D eigenvalue weighted by Gasteiger charge is -2.41. The minimum atomic E-state index is -2.35. The maximum Gasteiger partial charge on any atom is 0.245 e. The standard InChI is InChI=1S/C13H17ClF2N2/c14-10-3-1-2-4-11(10)18-7-5-13(9-17,6-8-18)12(15)16/h1-4,12H,5-9,17H2. The smallest absolute Gasteiger partial charge is 0.245 e. The van der Waals surface area contributed by atoms with E-state index in [0.29, 0.717) is 31.0 Å². The lowest BCUT2D eigenvalue weighted by Crippen LogP contribution is -2.48. The summed E-state index contributed by atoms with van der Waals surface area (Å²) >= 11 is 6.11. The number of rotatable bonds is 3. The molecule has 18 heavy (non-hydrogen) atoms. The van der Waals surface area contributed by atoms with Gasteiger partial charge in [0.15, 0.2) is 0 Å². The number of hydrogen-bond acceptors (Lipinski definition) is 2. The molecule has 0 bridgehead atoms. The fourth-order valence-electron chi connectivity index (χ4n) is 2.41. The summed E-state index contributed by atoms with van der Waals surface area (Å²) in [7, 11) is 0. The van der Waals surface area contributed by atoms with E-state index in [9.17, 15) is 8.78 Å². The maximum absolute atomic E-state index is 13.1. The van der Waals surface area contributed by atoms with Gasteiger partial charge in [-0.15, -0.1) is 0 Å². The third kappa shape index (κ3) is 2.45. The minimum absolute atomic E-state index is 0.0427. The van der Waals surface area contributed by atoms with Crippen molar-refractivity contribution in [1.29, 1.82) is 0 Å². The molecule has 0 unspecified atom stereocenters. The predicted octanol–water partition coefficient (Wildman–Crippen LogP) is 3.15. The van der Waals surface area contributed by atoms with Crippen molar-refractivity contribution in [1.82, 2.24) is 0 Å². The van der Waals surface area contributed by atoms with Gasteiger partial charge in [0.05, 0.1) is 10.7 Å².